The summed E-state index contributed by atoms with van der Waals surface area (Å²) in [6.45, 7) is 4.72. The van der Waals surface area contributed by atoms with E-state index in [0.29, 0.717) is 12.1 Å². The van der Waals surface area contributed by atoms with E-state index in [0.717, 1.165) is 50.5 Å². The molecule has 1 saturated carbocycles. The van der Waals surface area contributed by atoms with Gasteiger partial charge in [-0.2, -0.15) is 4.98 Å². The number of aromatic nitrogens is 4. The molecule has 0 amide bonds. The highest BCUT2D eigenvalue weighted by Gasteiger charge is 2.44. The first-order valence-electron chi connectivity index (χ1n) is 20.6. The topological polar surface area (TPSA) is 124 Å². The molecule has 62 heavy (non-hydrogen) atoms. The number of hydrogen-bond donors (Lipinski definition) is 3. The molecule has 6 aromatic carbocycles. The van der Waals surface area contributed by atoms with Crippen LogP contribution in [0, 0.1) is 5.92 Å². The summed E-state index contributed by atoms with van der Waals surface area (Å²) in [6, 6.07) is 55.7. The number of nitrogens with one attached hydrogen (secondary N) is 2. The number of hydrogen-bond acceptors (Lipinski definition) is 8. The number of benzene rings is 6. The van der Waals surface area contributed by atoms with Crippen molar-refractivity contribution in [3.63, 3.8) is 0 Å². The molecule has 0 radical (unpaired) electrons. The summed E-state index contributed by atoms with van der Waals surface area (Å²) >= 11 is 0. The van der Waals surface area contributed by atoms with E-state index in [2.05, 4.69) is 70.4 Å². The quantitative estimate of drug-likeness (QED) is 0.0734. The average Bonchev–Trinajstić information content (AvgIpc) is 3.88. The number of anilines is 1. The molecule has 3 atom stereocenters. The summed E-state index contributed by atoms with van der Waals surface area (Å²) in [4.78, 5) is 26.6. The fourth-order valence-corrected chi connectivity index (χ4v) is 9.01. The van der Waals surface area contributed by atoms with Crippen molar-refractivity contribution in [3.8, 4) is 11.5 Å². The number of aliphatic hydroxyl groups excluding tert-OH is 1. The molecule has 310 valence electrons. The van der Waals surface area contributed by atoms with Crippen LogP contribution >= 0.6 is 0 Å². The molecule has 3 N–H and O–H groups in total. The maximum atomic E-state index is 13.9. The Kier molecular flexibility index (Phi) is 11.0. The lowest BCUT2D eigenvalue weighted by molar-refractivity contribution is -0.0223. The normalized spacial score (nSPS) is 16.6. The molecule has 8 aromatic rings. The van der Waals surface area contributed by atoms with Gasteiger partial charge < -0.3 is 29.2 Å². The summed E-state index contributed by atoms with van der Waals surface area (Å²) < 4.78 is 20.1. The van der Waals surface area contributed by atoms with E-state index < -0.39 is 34.8 Å². The van der Waals surface area contributed by atoms with Gasteiger partial charge >= 0.3 is 0 Å². The molecule has 0 saturated heterocycles. The van der Waals surface area contributed by atoms with Gasteiger partial charge in [0.15, 0.2) is 11.2 Å². The average molecular weight is 822 g/mol. The maximum absolute atomic E-state index is 13.9. The van der Waals surface area contributed by atoms with Crippen LogP contribution in [-0.4, -0.2) is 51.6 Å². The van der Waals surface area contributed by atoms with Crippen molar-refractivity contribution in [2.24, 2.45) is 5.92 Å². The number of methoxy groups -OCH3 is 2. The number of aliphatic hydroxyl groups is 1. The first kappa shape index (κ1) is 40.2. The van der Waals surface area contributed by atoms with Crippen LogP contribution in [0.15, 0.2) is 193 Å². The van der Waals surface area contributed by atoms with Gasteiger partial charge in [0.25, 0.3) is 5.56 Å². The third kappa shape index (κ3) is 7.12. The number of nitrogens with zero attached hydrogens (tertiary/aromatic N) is 3. The second-order valence-electron chi connectivity index (χ2n) is 15.5. The molecular formula is C52H47N5O5. The van der Waals surface area contributed by atoms with Crippen molar-refractivity contribution in [1.29, 1.82) is 0 Å². The van der Waals surface area contributed by atoms with Crippen LogP contribution in [0.2, 0.25) is 0 Å². The molecule has 2 heterocycles. The lowest BCUT2D eigenvalue weighted by Crippen LogP contribution is -2.39. The van der Waals surface area contributed by atoms with Gasteiger partial charge in [0.05, 0.1) is 39.3 Å². The first-order valence-corrected chi connectivity index (χ1v) is 20.6. The molecule has 0 spiro atoms. The standard InChI is InChI=1S/C52H47N5O5/c1-35-44(33-62-52(39-20-12-6-13-21-39,40-22-14-7-15-23-40)41-26-30-43(61-3)31-27-41)46(58)32-45(35)57-34-53-47-48(57)54-50(55-49(47)59)56-51(36-16-8-4-9-17-36,37-18-10-5-11-19-37)38-24-28-42(60-2)29-25-38/h4-31,34,44-46,58H,1,32-33H2,2-3H3,(H2,54,55,56,59)/t44-,45-,46+/m0/s1. The van der Waals surface area contributed by atoms with Crippen LogP contribution in [0.3, 0.4) is 0 Å². The van der Waals surface area contributed by atoms with Crippen LogP contribution in [-0.2, 0) is 15.9 Å². The van der Waals surface area contributed by atoms with Crippen molar-refractivity contribution in [2.75, 3.05) is 26.1 Å². The third-order valence-electron chi connectivity index (χ3n) is 12.2. The minimum Gasteiger partial charge on any atom is -0.497 e. The Hall–Kier alpha value is -7.27. The minimum atomic E-state index is -1.03. The van der Waals surface area contributed by atoms with Crippen molar-refractivity contribution >= 4 is 17.1 Å². The van der Waals surface area contributed by atoms with Crippen LogP contribution in [0.25, 0.3) is 11.2 Å². The van der Waals surface area contributed by atoms with Crippen LogP contribution in [0.1, 0.15) is 45.8 Å². The molecule has 0 aliphatic heterocycles. The van der Waals surface area contributed by atoms with Gasteiger partial charge in [-0.3, -0.25) is 9.78 Å². The van der Waals surface area contributed by atoms with E-state index >= 15 is 0 Å². The van der Waals surface area contributed by atoms with Crippen molar-refractivity contribution in [1.82, 2.24) is 19.5 Å². The number of H-pyrrole nitrogens is 1. The van der Waals surface area contributed by atoms with Gasteiger partial charge in [0, 0.05) is 5.92 Å². The van der Waals surface area contributed by atoms with E-state index in [1.54, 1.807) is 20.5 Å². The molecule has 1 fully saturated rings. The SMILES string of the molecule is C=C1[C@H](COC(c2ccccc2)(c2ccccc2)c2ccc(OC)cc2)[C@H](O)C[C@@H]1n1cnc2c(=O)[nH]c(NC(c3ccccc3)(c3ccccc3)c3ccc(OC)cc3)nc21. The molecule has 1 aliphatic rings. The van der Waals surface area contributed by atoms with Gasteiger partial charge in [-0.25, -0.2) is 4.98 Å². The molecule has 2 aromatic heterocycles. The van der Waals surface area contributed by atoms with Crippen molar-refractivity contribution in [3.05, 3.63) is 232 Å². The minimum absolute atomic E-state index is 0.151. The van der Waals surface area contributed by atoms with Gasteiger partial charge in [-0.15, -0.1) is 0 Å². The third-order valence-corrected chi connectivity index (χ3v) is 12.2. The molecule has 1 aliphatic carbocycles. The molecule has 9 rings (SSSR count). The Labute approximate surface area is 360 Å². The second kappa shape index (κ2) is 17.0. The largest absolute Gasteiger partial charge is 0.497 e. The summed E-state index contributed by atoms with van der Waals surface area (Å²) in [6.07, 6.45) is 1.14. The fourth-order valence-electron chi connectivity index (χ4n) is 9.01. The Morgan fingerprint density at radius 3 is 1.65 bits per heavy atom. The second-order valence-corrected chi connectivity index (χ2v) is 15.5. The number of ether oxygens (including phenoxy) is 3. The van der Waals surface area contributed by atoms with E-state index in [1.165, 1.54) is 0 Å². The predicted molar refractivity (Wildman–Crippen MR) is 242 cm³/mol. The fraction of sp³-hybridized carbons (Fsp3) is 0.173. The summed E-state index contributed by atoms with van der Waals surface area (Å²) in [5.74, 6) is 1.23. The van der Waals surface area contributed by atoms with Crippen LogP contribution in [0.5, 0.6) is 11.5 Å². The van der Waals surface area contributed by atoms with Gasteiger partial charge in [-0.1, -0.05) is 152 Å². The Balaban J connectivity index is 1.09. The van der Waals surface area contributed by atoms with Crippen molar-refractivity contribution in [2.45, 2.75) is 29.7 Å². The smallest absolute Gasteiger partial charge is 0.280 e. The van der Waals surface area contributed by atoms with Crippen LogP contribution in [0.4, 0.5) is 5.95 Å². The highest BCUT2D eigenvalue weighted by Crippen LogP contribution is 2.46. The zero-order valence-electron chi connectivity index (χ0n) is 34.5. The van der Waals surface area contributed by atoms with E-state index in [4.69, 9.17) is 19.2 Å². The maximum Gasteiger partial charge on any atom is 0.280 e. The Morgan fingerprint density at radius 1 is 0.694 bits per heavy atom. The monoisotopic (exact) mass is 821 g/mol. The highest BCUT2D eigenvalue weighted by atomic mass is 16.5. The van der Waals surface area contributed by atoms with Crippen molar-refractivity contribution < 1.29 is 19.3 Å². The molecular weight excluding hydrogens is 775 g/mol. The van der Waals surface area contributed by atoms with E-state index in [1.807, 2.05) is 126 Å². The Morgan fingerprint density at radius 2 is 1.15 bits per heavy atom. The van der Waals surface area contributed by atoms with Gasteiger partial charge in [-0.05, 0) is 69.6 Å². The number of rotatable bonds is 14. The first-order chi connectivity index (χ1) is 30.3. The number of imidazole rings is 1. The predicted octanol–water partition coefficient (Wildman–Crippen LogP) is 9.03. The zero-order chi connectivity index (χ0) is 42.7. The van der Waals surface area contributed by atoms with E-state index in [-0.39, 0.29) is 18.1 Å². The highest BCUT2D eigenvalue weighted by molar-refractivity contribution is 5.72. The summed E-state index contributed by atoms with van der Waals surface area (Å²) in [5, 5.41) is 15.5. The number of fused-ring (bicyclic) bond motifs is 1. The van der Waals surface area contributed by atoms with Crippen LogP contribution < -0.4 is 20.3 Å². The van der Waals surface area contributed by atoms with Gasteiger partial charge in [0.1, 0.15) is 22.6 Å². The molecule has 0 unspecified atom stereocenters. The summed E-state index contributed by atoms with van der Waals surface area (Å²) in [5.41, 5.74) is 4.41. The molecule has 10 nitrogen and oxygen atoms in total. The number of aromatic amines is 1. The van der Waals surface area contributed by atoms with E-state index in [9.17, 15) is 9.90 Å². The molecule has 0 bridgehead atoms. The molecule has 10 heteroatoms. The zero-order valence-corrected chi connectivity index (χ0v) is 34.5. The lowest BCUT2D eigenvalue weighted by atomic mass is 9.77. The summed E-state index contributed by atoms with van der Waals surface area (Å²) in [7, 11) is 3.29. The Bertz CT molecular complexity index is 2750. The lowest BCUT2D eigenvalue weighted by Gasteiger charge is -2.37. The van der Waals surface area contributed by atoms with Gasteiger partial charge in [0.2, 0.25) is 5.95 Å².